The Kier molecular flexibility index (Phi) is 9.11. The van der Waals surface area contributed by atoms with Crippen molar-refractivity contribution in [2.24, 2.45) is 5.92 Å². The van der Waals surface area contributed by atoms with Crippen molar-refractivity contribution in [2.45, 2.75) is 45.8 Å². The maximum atomic E-state index is 14.6. The lowest BCUT2D eigenvalue weighted by Crippen LogP contribution is -2.31. The predicted octanol–water partition coefficient (Wildman–Crippen LogP) is 6.22. The van der Waals surface area contributed by atoms with Crippen molar-refractivity contribution in [3.63, 3.8) is 0 Å². The fourth-order valence-electron chi connectivity index (χ4n) is 3.84. The topological polar surface area (TPSA) is 75.6 Å². The molecule has 1 amide bonds. The zero-order valence-corrected chi connectivity index (χ0v) is 20.1. The Balaban J connectivity index is 1.91. The van der Waals surface area contributed by atoms with Gasteiger partial charge in [-0.15, -0.1) is 0 Å². The molecular formula is C28H28F3NO4. The number of carbonyl (C=O) groups excluding carboxylic acids is 1. The summed E-state index contributed by atoms with van der Waals surface area (Å²) in [5.41, 5.74) is 1.21. The van der Waals surface area contributed by atoms with E-state index in [1.54, 1.807) is 30.3 Å². The number of hydrogen-bond donors (Lipinski definition) is 2. The molecule has 8 heteroatoms. The number of halogens is 3. The van der Waals surface area contributed by atoms with Gasteiger partial charge in [-0.25, -0.2) is 13.2 Å². The van der Waals surface area contributed by atoms with Gasteiger partial charge in [-0.05, 0) is 54.2 Å². The number of aliphatic carboxylic acids is 1. The maximum Gasteiger partial charge on any atom is 0.303 e. The van der Waals surface area contributed by atoms with Crippen molar-refractivity contribution < 1.29 is 32.6 Å². The smallest absolute Gasteiger partial charge is 0.303 e. The molecule has 3 aromatic rings. The highest BCUT2D eigenvalue weighted by molar-refractivity contribution is 5.96. The van der Waals surface area contributed by atoms with Gasteiger partial charge in [0.2, 0.25) is 0 Å². The number of para-hydroxylation sites is 1. The molecule has 0 radical (unpaired) electrons. The van der Waals surface area contributed by atoms with Gasteiger partial charge in [-0.1, -0.05) is 44.2 Å². The molecule has 1 unspecified atom stereocenters. The first-order valence-corrected chi connectivity index (χ1v) is 11.6. The molecule has 1 atom stereocenters. The van der Waals surface area contributed by atoms with Crippen molar-refractivity contribution >= 4 is 11.9 Å². The van der Waals surface area contributed by atoms with Crippen molar-refractivity contribution in [1.29, 1.82) is 0 Å². The summed E-state index contributed by atoms with van der Waals surface area (Å²) in [6.07, 6.45) is 0.189. The highest BCUT2D eigenvalue weighted by Gasteiger charge is 2.24. The van der Waals surface area contributed by atoms with E-state index in [0.717, 1.165) is 6.07 Å². The quantitative estimate of drug-likeness (QED) is 0.307. The molecule has 36 heavy (non-hydrogen) atoms. The number of rotatable bonds is 11. The van der Waals surface area contributed by atoms with E-state index in [4.69, 9.17) is 9.84 Å². The number of hydrogen-bond acceptors (Lipinski definition) is 3. The zero-order chi connectivity index (χ0) is 26.2. The first kappa shape index (κ1) is 26.8. The Morgan fingerprint density at radius 1 is 0.944 bits per heavy atom. The molecule has 0 fully saturated rings. The van der Waals surface area contributed by atoms with Gasteiger partial charge in [0.15, 0.2) is 11.6 Å². The monoisotopic (exact) mass is 499 g/mol. The number of carbonyl (C=O) groups is 2. The van der Waals surface area contributed by atoms with Crippen LogP contribution in [0.2, 0.25) is 0 Å². The van der Waals surface area contributed by atoms with E-state index in [-0.39, 0.29) is 42.9 Å². The van der Waals surface area contributed by atoms with E-state index in [9.17, 15) is 22.8 Å². The summed E-state index contributed by atoms with van der Waals surface area (Å²) >= 11 is 0. The normalized spacial score (nSPS) is 11.8. The van der Waals surface area contributed by atoms with Gasteiger partial charge in [0.05, 0.1) is 6.04 Å². The molecule has 5 nitrogen and oxygen atoms in total. The van der Waals surface area contributed by atoms with Crippen molar-refractivity contribution in [1.82, 2.24) is 5.32 Å². The Labute approximate surface area is 207 Å². The third-order valence-electron chi connectivity index (χ3n) is 5.60. The van der Waals surface area contributed by atoms with Gasteiger partial charge in [-0.2, -0.15) is 0 Å². The van der Waals surface area contributed by atoms with Crippen LogP contribution in [0.3, 0.4) is 0 Å². The highest BCUT2D eigenvalue weighted by atomic mass is 19.2. The van der Waals surface area contributed by atoms with Crippen LogP contribution in [0, 0.1) is 23.4 Å². The molecule has 0 aliphatic carbocycles. The Bertz CT molecular complexity index is 1210. The fourth-order valence-corrected chi connectivity index (χ4v) is 3.84. The minimum Gasteiger partial charge on any atom is -0.489 e. The van der Waals surface area contributed by atoms with Crippen LogP contribution in [0.4, 0.5) is 13.2 Å². The number of nitrogens with one attached hydrogen (secondary N) is 1. The van der Waals surface area contributed by atoms with Gasteiger partial charge in [0.1, 0.15) is 18.2 Å². The molecule has 2 N–H and O–H groups in total. The molecule has 190 valence electrons. The third-order valence-corrected chi connectivity index (χ3v) is 5.60. The van der Waals surface area contributed by atoms with Crippen LogP contribution in [0.25, 0.3) is 0 Å². The summed E-state index contributed by atoms with van der Waals surface area (Å²) in [5, 5.41) is 11.9. The fraction of sp³-hybridized carbons (Fsp3) is 0.286. The largest absolute Gasteiger partial charge is 0.489 e. The van der Waals surface area contributed by atoms with Crippen LogP contribution in [-0.2, 0) is 17.8 Å². The van der Waals surface area contributed by atoms with Crippen LogP contribution >= 0.6 is 0 Å². The second kappa shape index (κ2) is 12.2. The second-order valence-corrected chi connectivity index (χ2v) is 8.93. The number of aryl methyl sites for hydroxylation is 1. The van der Waals surface area contributed by atoms with Gasteiger partial charge in [0.25, 0.3) is 5.91 Å². The zero-order valence-electron chi connectivity index (χ0n) is 20.1. The summed E-state index contributed by atoms with van der Waals surface area (Å²) in [4.78, 5) is 24.5. The molecule has 3 aromatic carbocycles. The average Bonchev–Trinajstić information content (AvgIpc) is 2.83. The first-order valence-electron chi connectivity index (χ1n) is 11.6. The number of ether oxygens (including phenoxy) is 1. The van der Waals surface area contributed by atoms with E-state index >= 15 is 0 Å². The van der Waals surface area contributed by atoms with Crippen LogP contribution in [-0.4, -0.2) is 17.0 Å². The molecule has 0 bridgehead atoms. The molecular weight excluding hydrogens is 471 g/mol. The van der Waals surface area contributed by atoms with Crippen LogP contribution in [0.1, 0.15) is 59.8 Å². The predicted molar refractivity (Wildman–Crippen MR) is 129 cm³/mol. The van der Waals surface area contributed by atoms with Crippen LogP contribution in [0.15, 0.2) is 60.7 Å². The molecule has 0 spiro atoms. The molecule has 0 aromatic heterocycles. The first-order chi connectivity index (χ1) is 17.1. The Morgan fingerprint density at radius 3 is 2.31 bits per heavy atom. The van der Waals surface area contributed by atoms with E-state index in [0.29, 0.717) is 22.9 Å². The SMILES string of the molecule is CC(C)CC(NC(=O)c1cc(COc2ccccc2)ccc1CCC(=O)O)c1cc(F)c(F)cc1F. The number of carboxylic acid groups (broad SMARTS) is 1. The number of carboxylic acids is 1. The molecule has 0 saturated carbocycles. The number of benzene rings is 3. The van der Waals surface area contributed by atoms with Gasteiger partial charge < -0.3 is 15.2 Å². The summed E-state index contributed by atoms with van der Waals surface area (Å²) in [7, 11) is 0. The van der Waals surface area contributed by atoms with Gasteiger partial charge >= 0.3 is 5.97 Å². The lowest BCUT2D eigenvalue weighted by molar-refractivity contribution is -0.136. The second-order valence-electron chi connectivity index (χ2n) is 8.93. The maximum absolute atomic E-state index is 14.6. The number of amides is 1. The van der Waals surface area contributed by atoms with Crippen molar-refractivity contribution in [3.05, 3.63) is 100 Å². The van der Waals surface area contributed by atoms with E-state index < -0.39 is 35.4 Å². The molecule has 0 aliphatic rings. The van der Waals surface area contributed by atoms with Crippen molar-refractivity contribution in [2.75, 3.05) is 0 Å². The molecule has 0 heterocycles. The summed E-state index contributed by atoms with van der Waals surface area (Å²) in [5.74, 6) is -4.43. The van der Waals surface area contributed by atoms with E-state index in [1.807, 2.05) is 32.0 Å². The van der Waals surface area contributed by atoms with Crippen molar-refractivity contribution in [3.8, 4) is 5.75 Å². The average molecular weight is 500 g/mol. The standard InChI is InChI=1S/C28H28F3NO4/c1-17(2)12-26(22-14-24(30)25(31)15-23(22)29)32-28(35)21-13-18(8-9-19(21)10-11-27(33)34)16-36-20-6-4-3-5-7-20/h3-9,13-15,17,26H,10-12,16H2,1-2H3,(H,32,35)(H,33,34). The van der Waals surface area contributed by atoms with Gasteiger partial charge in [0, 0.05) is 23.6 Å². The molecule has 0 saturated heterocycles. The molecule has 3 rings (SSSR count). The summed E-state index contributed by atoms with van der Waals surface area (Å²) < 4.78 is 47.7. The Morgan fingerprint density at radius 2 is 1.64 bits per heavy atom. The highest BCUT2D eigenvalue weighted by Crippen LogP contribution is 2.27. The summed E-state index contributed by atoms with van der Waals surface area (Å²) in [6, 6.07) is 14.4. The minimum absolute atomic E-state index is 0.0000909. The summed E-state index contributed by atoms with van der Waals surface area (Å²) in [6.45, 7) is 3.88. The lowest BCUT2D eigenvalue weighted by atomic mass is 9.94. The third kappa shape index (κ3) is 7.34. The lowest BCUT2D eigenvalue weighted by Gasteiger charge is -2.23. The molecule has 0 aliphatic heterocycles. The Hall–Kier alpha value is -3.81. The van der Waals surface area contributed by atoms with E-state index in [1.165, 1.54) is 0 Å². The minimum atomic E-state index is -1.31. The van der Waals surface area contributed by atoms with Crippen LogP contribution < -0.4 is 10.1 Å². The van der Waals surface area contributed by atoms with Crippen LogP contribution in [0.5, 0.6) is 5.75 Å². The van der Waals surface area contributed by atoms with Gasteiger partial charge in [-0.3, -0.25) is 9.59 Å². The van der Waals surface area contributed by atoms with E-state index in [2.05, 4.69) is 5.32 Å².